The number of rotatable bonds is 4. The van der Waals surface area contributed by atoms with E-state index in [1.807, 2.05) is 72.7 Å². The Morgan fingerprint density at radius 2 is 1.61 bits per heavy atom. The molecule has 0 spiro atoms. The molecular formula is C17H19N5O. The molecule has 6 nitrogen and oxygen atoms in total. The van der Waals surface area contributed by atoms with Crippen LogP contribution in [0.25, 0.3) is 0 Å². The van der Waals surface area contributed by atoms with Gasteiger partial charge in [0.05, 0.1) is 5.69 Å². The number of anilines is 1. The molecule has 2 aromatic carbocycles. The van der Waals surface area contributed by atoms with Crippen molar-refractivity contribution in [3.63, 3.8) is 0 Å². The van der Waals surface area contributed by atoms with Gasteiger partial charge in [-0.05, 0) is 29.8 Å². The van der Waals surface area contributed by atoms with Crippen LogP contribution in [0.1, 0.15) is 12.5 Å². The van der Waals surface area contributed by atoms with Crippen LogP contribution in [0.5, 0.6) is 0 Å². The summed E-state index contributed by atoms with van der Waals surface area (Å²) < 4.78 is 0. The molecule has 0 unspecified atom stereocenters. The molecule has 0 aliphatic carbocycles. The molecule has 23 heavy (non-hydrogen) atoms. The van der Waals surface area contributed by atoms with Crippen LogP contribution in [0.3, 0.4) is 0 Å². The maximum absolute atomic E-state index is 10.5. The molecule has 3 rings (SSSR count). The lowest BCUT2D eigenvalue weighted by Gasteiger charge is -2.39. The Morgan fingerprint density at radius 1 is 1.00 bits per heavy atom. The van der Waals surface area contributed by atoms with Crippen molar-refractivity contribution in [3.05, 3.63) is 77.8 Å². The molecule has 0 radical (unpaired) electrons. The number of hydrogen-bond donors (Lipinski definition) is 1. The maximum atomic E-state index is 10.5. The second kappa shape index (κ2) is 6.50. The summed E-state index contributed by atoms with van der Waals surface area (Å²) >= 11 is 0. The van der Waals surface area contributed by atoms with Crippen LogP contribution in [-0.2, 0) is 6.54 Å². The SMILES string of the molecule is CC1=C(O)N(c2ccccc2)N(N(C)Cc2ccccc2)N=N1. The number of aliphatic hydroxyl groups excluding tert-OH is 1. The van der Waals surface area contributed by atoms with Gasteiger partial charge in [-0.15, -0.1) is 10.3 Å². The lowest BCUT2D eigenvalue weighted by molar-refractivity contribution is -0.0344. The van der Waals surface area contributed by atoms with E-state index in [-0.39, 0.29) is 5.88 Å². The van der Waals surface area contributed by atoms with Gasteiger partial charge in [0.2, 0.25) is 5.88 Å². The van der Waals surface area contributed by atoms with Crippen LogP contribution in [-0.4, -0.2) is 22.4 Å². The number of nitrogens with zero attached hydrogens (tertiary/aromatic N) is 5. The average molecular weight is 309 g/mol. The fourth-order valence-corrected chi connectivity index (χ4v) is 2.36. The first-order chi connectivity index (χ1) is 11.2. The van der Waals surface area contributed by atoms with Gasteiger partial charge in [-0.1, -0.05) is 48.5 Å². The Bertz CT molecular complexity index is 714. The maximum Gasteiger partial charge on any atom is 0.237 e. The van der Waals surface area contributed by atoms with Crippen LogP contribution in [0.15, 0.2) is 82.6 Å². The van der Waals surface area contributed by atoms with Gasteiger partial charge >= 0.3 is 0 Å². The van der Waals surface area contributed by atoms with Crippen molar-refractivity contribution in [1.29, 1.82) is 0 Å². The molecule has 0 amide bonds. The molecule has 1 N–H and O–H groups in total. The minimum absolute atomic E-state index is 0.0612. The summed E-state index contributed by atoms with van der Waals surface area (Å²) in [5.41, 5.74) is 2.42. The first-order valence-electron chi connectivity index (χ1n) is 7.38. The van der Waals surface area contributed by atoms with Crippen LogP contribution in [0.4, 0.5) is 5.69 Å². The van der Waals surface area contributed by atoms with Gasteiger partial charge in [-0.3, -0.25) is 0 Å². The summed E-state index contributed by atoms with van der Waals surface area (Å²) in [6.45, 7) is 2.36. The second-order valence-electron chi connectivity index (χ2n) is 5.32. The zero-order valence-corrected chi connectivity index (χ0v) is 13.2. The average Bonchev–Trinajstić information content (AvgIpc) is 2.58. The first kappa shape index (κ1) is 15.1. The quantitative estimate of drug-likeness (QED) is 0.931. The molecule has 0 saturated carbocycles. The molecule has 1 aliphatic heterocycles. The third-order valence-corrected chi connectivity index (χ3v) is 3.54. The summed E-state index contributed by atoms with van der Waals surface area (Å²) in [6, 6.07) is 19.7. The third kappa shape index (κ3) is 3.17. The van der Waals surface area contributed by atoms with Gasteiger partial charge in [-0.25, -0.2) is 0 Å². The van der Waals surface area contributed by atoms with Gasteiger partial charge < -0.3 is 5.11 Å². The zero-order valence-electron chi connectivity index (χ0n) is 13.2. The van der Waals surface area contributed by atoms with Gasteiger partial charge in [-0.2, -0.15) is 10.0 Å². The highest BCUT2D eigenvalue weighted by Crippen LogP contribution is 2.27. The molecule has 1 aliphatic rings. The van der Waals surface area contributed by atoms with Gasteiger partial charge in [0.1, 0.15) is 5.70 Å². The fourth-order valence-electron chi connectivity index (χ4n) is 2.36. The molecule has 0 bridgehead atoms. The Morgan fingerprint density at radius 3 is 2.26 bits per heavy atom. The number of para-hydroxylation sites is 1. The van der Waals surface area contributed by atoms with Crippen molar-refractivity contribution in [2.75, 3.05) is 12.1 Å². The van der Waals surface area contributed by atoms with E-state index >= 15 is 0 Å². The standard InChI is InChI=1S/C17H19N5O/c1-14-17(23)21(16-11-7-4-8-12-16)22(19-18-14)20(2)13-15-9-5-3-6-10-15/h3-12,23H,13H2,1-2H3. The monoisotopic (exact) mass is 309 g/mol. The number of hydrogen-bond acceptors (Lipinski definition) is 6. The van der Waals surface area contributed by atoms with E-state index in [1.54, 1.807) is 17.2 Å². The van der Waals surface area contributed by atoms with E-state index in [9.17, 15) is 5.11 Å². The molecule has 0 saturated heterocycles. The predicted molar refractivity (Wildman–Crippen MR) is 88.9 cm³/mol. The topological polar surface area (TPSA) is 54.7 Å². The fraction of sp³-hybridized carbons (Fsp3) is 0.176. The summed E-state index contributed by atoms with van der Waals surface area (Å²) in [5, 5.41) is 23.8. The van der Waals surface area contributed by atoms with Gasteiger partial charge in [0.25, 0.3) is 0 Å². The highest BCUT2D eigenvalue weighted by molar-refractivity contribution is 5.49. The van der Waals surface area contributed by atoms with Crippen LogP contribution in [0, 0.1) is 0 Å². The third-order valence-electron chi connectivity index (χ3n) is 3.54. The summed E-state index contributed by atoms with van der Waals surface area (Å²) in [5.74, 6) is 0.0612. The molecule has 1 heterocycles. The Kier molecular flexibility index (Phi) is 4.25. The molecular weight excluding hydrogens is 290 g/mol. The first-order valence-corrected chi connectivity index (χ1v) is 7.38. The molecule has 0 fully saturated rings. The minimum Gasteiger partial charge on any atom is -0.492 e. The number of allylic oxidation sites excluding steroid dienone is 1. The van der Waals surface area contributed by atoms with E-state index < -0.39 is 0 Å². The van der Waals surface area contributed by atoms with Crippen molar-refractivity contribution in [3.8, 4) is 0 Å². The number of aliphatic hydroxyl groups is 1. The van der Waals surface area contributed by atoms with E-state index in [2.05, 4.69) is 10.3 Å². The number of benzene rings is 2. The Labute approximate surface area is 135 Å². The van der Waals surface area contributed by atoms with Crippen LogP contribution >= 0.6 is 0 Å². The molecule has 2 aromatic rings. The highest BCUT2D eigenvalue weighted by Gasteiger charge is 2.28. The van der Waals surface area contributed by atoms with Crippen molar-refractivity contribution in [1.82, 2.24) is 10.2 Å². The van der Waals surface area contributed by atoms with Crippen LogP contribution < -0.4 is 5.01 Å². The van der Waals surface area contributed by atoms with E-state index in [0.29, 0.717) is 12.2 Å². The number of hydrazine groups is 2. The summed E-state index contributed by atoms with van der Waals surface area (Å²) in [6.07, 6.45) is 0. The highest BCUT2D eigenvalue weighted by atomic mass is 16.3. The van der Waals surface area contributed by atoms with Crippen molar-refractivity contribution < 1.29 is 5.11 Å². The van der Waals surface area contributed by atoms with E-state index in [4.69, 9.17) is 0 Å². The lowest BCUT2D eigenvalue weighted by atomic mass is 10.2. The summed E-state index contributed by atoms with van der Waals surface area (Å²) in [4.78, 5) is 0. The van der Waals surface area contributed by atoms with E-state index in [0.717, 1.165) is 11.3 Å². The second-order valence-corrected chi connectivity index (χ2v) is 5.32. The van der Waals surface area contributed by atoms with E-state index in [1.165, 1.54) is 0 Å². The molecule has 118 valence electrons. The Balaban J connectivity index is 1.89. The minimum atomic E-state index is 0.0612. The van der Waals surface area contributed by atoms with Gasteiger partial charge in [0.15, 0.2) is 0 Å². The smallest absolute Gasteiger partial charge is 0.237 e. The largest absolute Gasteiger partial charge is 0.492 e. The lowest BCUT2D eigenvalue weighted by Crippen LogP contribution is -2.49. The van der Waals surface area contributed by atoms with Crippen molar-refractivity contribution in [2.24, 2.45) is 10.3 Å². The molecule has 0 aromatic heterocycles. The van der Waals surface area contributed by atoms with Gasteiger partial charge in [0, 0.05) is 13.6 Å². The van der Waals surface area contributed by atoms with Crippen molar-refractivity contribution >= 4 is 5.69 Å². The predicted octanol–water partition coefficient (Wildman–Crippen LogP) is 3.88. The van der Waals surface area contributed by atoms with Crippen LogP contribution in [0.2, 0.25) is 0 Å². The Hall–Kier alpha value is -2.86. The molecule has 6 heteroatoms. The zero-order chi connectivity index (χ0) is 16.2. The van der Waals surface area contributed by atoms with Crippen molar-refractivity contribution in [2.45, 2.75) is 13.5 Å². The normalized spacial score (nSPS) is 14.7. The molecule has 0 atom stereocenters. The summed E-state index contributed by atoms with van der Waals surface area (Å²) in [7, 11) is 1.90.